The highest BCUT2D eigenvalue weighted by Crippen LogP contribution is 2.26. The highest BCUT2D eigenvalue weighted by atomic mass is 35.5. The summed E-state index contributed by atoms with van der Waals surface area (Å²) < 4.78 is 26.3. The van der Waals surface area contributed by atoms with Gasteiger partial charge in [0.1, 0.15) is 17.3 Å². The lowest BCUT2D eigenvalue weighted by atomic mass is 10.3. The van der Waals surface area contributed by atoms with Gasteiger partial charge in [-0.15, -0.1) is 0 Å². The zero-order chi connectivity index (χ0) is 14.0. The summed E-state index contributed by atoms with van der Waals surface area (Å²) in [5.74, 6) is -2.42. The Morgan fingerprint density at radius 1 is 1.26 bits per heavy atom. The van der Waals surface area contributed by atoms with Crippen molar-refractivity contribution in [1.29, 1.82) is 0 Å². The van der Waals surface area contributed by atoms with Crippen LogP contribution in [0.25, 0.3) is 0 Å². The van der Waals surface area contributed by atoms with Crippen molar-refractivity contribution in [2.75, 3.05) is 11.1 Å². The Labute approximate surface area is 111 Å². The summed E-state index contributed by atoms with van der Waals surface area (Å²) in [6.45, 7) is 0. The molecule has 2 rings (SSSR count). The maximum atomic E-state index is 13.5. The third kappa shape index (κ3) is 2.94. The minimum Gasteiger partial charge on any atom is -0.382 e. The molecule has 1 aromatic carbocycles. The number of nitrogens with two attached hydrogens (primary N) is 1. The van der Waals surface area contributed by atoms with Crippen LogP contribution in [0.1, 0.15) is 10.5 Å². The normalized spacial score (nSPS) is 10.3. The van der Waals surface area contributed by atoms with Gasteiger partial charge >= 0.3 is 0 Å². The van der Waals surface area contributed by atoms with E-state index in [0.29, 0.717) is 6.07 Å². The fourth-order valence-electron chi connectivity index (χ4n) is 1.29. The number of nitrogens with one attached hydrogen (secondary N) is 1. The number of carbonyl (C=O) groups is 1. The third-order valence-corrected chi connectivity index (χ3v) is 2.45. The van der Waals surface area contributed by atoms with Crippen LogP contribution in [-0.2, 0) is 0 Å². The molecule has 2 aromatic rings. The molecule has 1 aromatic heterocycles. The van der Waals surface area contributed by atoms with E-state index >= 15 is 0 Å². The second-order valence-corrected chi connectivity index (χ2v) is 3.93. The molecule has 0 aliphatic carbocycles. The predicted octanol–water partition coefficient (Wildman–Crippen LogP) is 2.24. The van der Waals surface area contributed by atoms with Gasteiger partial charge in [0.2, 0.25) is 0 Å². The second kappa shape index (κ2) is 5.15. The van der Waals surface area contributed by atoms with E-state index in [1.165, 1.54) is 6.20 Å². The molecule has 3 N–H and O–H groups in total. The summed E-state index contributed by atoms with van der Waals surface area (Å²) in [5.41, 5.74) is 4.91. The zero-order valence-electron chi connectivity index (χ0n) is 9.32. The monoisotopic (exact) mass is 284 g/mol. The van der Waals surface area contributed by atoms with E-state index in [0.717, 1.165) is 12.3 Å². The van der Waals surface area contributed by atoms with Gasteiger partial charge in [-0.1, -0.05) is 11.6 Å². The van der Waals surface area contributed by atoms with Gasteiger partial charge < -0.3 is 11.1 Å². The summed E-state index contributed by atoms with van der Waals surface area (Å²) in [5, 5.41) is 1.93. The van der Waals surface area contributed by atoms with Crippen LogP contribution in [0.4, 0.5) is 20.3 Å². The van der Waals surface area contributed by atoms with Crippen molar-refractivity contribution in [1.82, 2.24) is 9.97 Å². The number of hydrogen-bond acceptors (Lipinski definition) is 4. The molecular formula is C11H7ClF2N4O. The largest absolute Gasteiger partial charge is 0.382 e. The van der Waals surface area contributed by atoms with Crippen LogP contribution in [0, 0.1) is 11.6 Å². The van der Waals surface area contributed by atoms with Gasteiger partial charge in [-0.05, 0) is 6.07 Å². The van der Waals surface area contributed by atoms with Gasteiger partial charge in [-0.3, -0.25) is 4.79 Å². The lowest BCUT2D eigenvalue weighted by Crippen LogP contribution is -2.15. The Hall–Kier alpha value is -2.28. The molecule has 0 saturated heterocycles. The van der Waals surface area contributed by atoms with Gasteiger partial charge in [0.25, 0.3) is 5.91 Å². The lowest BCUT2D eigenvalue weighted by Gasteiger charge is -2.08. The number of aromatic nitrogens is 2. The molecule has 0 saturated carbocycles. The quantitative estimate of drug-likeness (QED) is 0.886. The summed E-state index contributed by atoms with van der Waals surface area (Å²) in [6.07, 6.45) is 2.30. The topological polar surface area (TPSA) is 80.9 Å². The van der Waals surface area contributed by atoms with Crippen LogP contribution in [0.3, 0.4) is 0 Å². The molecule has 5 nitrogen and oxygen atoms in total. The van der Waals surface area contributed by atoms with E-state index in [4.69, 9.17) is 17.3 Å². The minimum absolute atomic E-state index is 0.0750. The SMILES string of the molecule is Nc1cnc(C(=O)Nc2c(F)cc(F)cc2Cl)cn1. The molecule has 98 valence electrons. The van der Waals surface area contributed by atoms with E-state index in [-0.39, 0.29) is 22.2 Å². The Morgan fingerprint density at radius 3 is 2.58 bits per heavy atom. The van der Waals surface area contributed by atoms with Gasteiger partial charge in [-0.25, -0.2) is 18.7 Å². The summed E-state index contributed by atoms with van der Waals surface area (Å²) in [7, 11) is 0. The molecule has 0 bridgehead atoms. The highest BCUT2D eigenvalue weighted by molar-refractivity contribution is 6.33. The minimum atomic E-state index is -0.984. The third-order valence-electron chi connectivity index (χ3n) is 2.15. The van der Waals surface area contributed by atoms with Crippen molar-refractivity contribution in [3.05, 3.63) is 46.9 Å². The molecule has 0 atom stereocenters. The molecule has 19 heavy (non-hydrogen) atoms. The van der Waals surface area contributed by atoms with Gasteiger partial charge in [0, 0.05) is 6.07 Å². The smallest absolute Gasteiger partial charge is 0.275 e. The van der Waals surface area contributed by atoms with Gasteiger partial charge in [0.05, 0.1) is 23.1 Å². The summed E-state index contributed by atoms with van der Waals surface area (Å²) in [4.78, 5) is 19.1. The molecule has 0 unspecified atom stereocenters. The van der Waals surface area contributed by atoms with Crippen molar-refractivity contribution in [3.8, 4) is 0 Å². The van der Waals surface area contributed by atoms with Crippen LogP contribution in [-0.4, -0.2) is 15.9 Å². The standard InChI is InChI=1S/C11H7ClF2N4O/c12-6-1-5(13)2-7(14)10(6)18-11(19)8-3-17-9(15)4-16-8/h1-4H,(H2,15,17)(H,18,19). The van der Waals surface area contributed by atoms with Crippen LogP contribution in [0.2, 0.25) is 5.02 Å². The zero-order valence-corrected chi connectivity index (χ0v) is 10.1. The first-order valence-electron chi connectivity index (χ1n) is 5.01. The van der Waals surface area contributed by atoms with Crippen molar-refractivity contribution in [3.63, 3.8) is 0 Å². The highest BCUT2D eigenvalue weighted by Gasteiger charge is 2.15. The average molecular weight is 285 g/mol. The number of anilines is 2. The van der Waals surface area contributed by atoms with Crippen LogP contribution in [0.15, 0.2) is 24.5 Å². The molecule has 8 heteroatoms. The number of rotatable bonds is 2. The number of nitrogens with zero attached hydrogens (tertiary/aromatic N) is 2. The first kappa shape index (κ1) is 13.2. The molecule has 0 fully saturated rings. The Morgan fingerprint density at radius 2 is 2.00 bits per heavy atom. The lowest BCUT2D eigenvalue weighted by molar-refractivity contribution is 0.102. The van der Waals surface area contributed by atoms with Crippen LogP contribution < -0.4 is 11.1 Å². The molecule has 0 spiro atoms. The van der Waals surface area contributed by atoms with E-state index in [2.05, 4.69) is 15.3 Å². The molecule has 0 radical (unpaired) electrons. The fourth-order valence-corrected chi connectivity index (χ4v) is 1.54. The Balaban J connectivity index is 2.26. The van der Waals surface area contributed by atoms with Gasteiger partial charge in [-0.2, -0.15) is 0 Å². The average Bonchev–Trinajstić information content (AvgIpc) is 2.34. The molecule has 0 aliphatic heterocycles. The number of hydrogen-bond donors (Lipinski definition) is 2. The number of benzene rings is 1. The van der Waals surface area contributed by atoms with Crippen molar-refractivity contribution in [2.45, 2.75) is 0 Å². The maximum Gasteiger partial charge on any atom is 0.275 e. The maximum absolute atomic E-state index is 13.5. The van der Waals surface area contributed by atoms with Gasteiger partial charge in [0.15, 0.2) is 5.82 Å². The molecule has 1 amide bonds. The van der Waals surface area contributed by atoms with Crippen molar-refractivity contribution >= 4 is 29.0 Å². The first-order chi connectivity index (χ1) is 8.97. The number of carbonyl (C=O) groups excluding carboxylic acids is 1. The molecule has 0 aliphatic rings. The summed E-state index contributed by atoms with van der Waals surface area (Å²) in [6, 6.07) is 1.49. The van der Waals surface area contributed by atoms with Crippen LogP contribution in [0.5, 0.6) is 0 Å². The second-order valence-electron chi connectivity index (χ2n) is 3.53. The molecule has 1 heterocycles. The fraction of sp³-hybridized carbons (Fsp3) is 0. The number of amides is 1. The summed E-state index contributed by atoms with van der Waals surface area (Å²) >= 11 is 5.64. The van der Waals surface area contributed by atoms with E-state index in [9.17, 15) is 13.6 Å². The first-order valence-corrected chi connectivity index (χ1v) is 5.38. The Kier molecular flexibility index (Phi) is 3.57. The van der Waals surface area contributed by atoms with E-state index in [1.54, 1.807) is 0 Å². The predicted molar refractivity (Wildman–Crippen MR) is 65.8 cm³/mol. The van der Waals surface area contributed by atoms with E-state index in [1.807, 2.05) is 0 Å². The van der Waals surface area contributed by atoms with Crippen molar-refractivity contribution < 1.29 is 13.6 Å². The van der Waals surface area contributed by atoms with E-state index < -0.39 is 17.5 Å². The Bertz CT molecular complexity index is 610. The number of halogens is 3. The molecular weight excluding hydrogens is 278 g/mol. The number of nitrogen functional groups attached to an aromatic ring is 1. The van der Waals surface area contributed by atoms with Crippen molar-refractivity contribution in [2.24, 2.45) is 0 Å². The van der Waals surface area contributed by atoms with Crippen LogP contribution >= 0.6 is 11.6 Å².